The first kappa shape index (κ1) is 19.4. The van der Waals surface area contributed by atoms with Crippen molar-refractivity contribution in [1.82, 2.24) is 30.0 Å². The maximum absolute atomic E-state index is 11.6. The lowest BCUT2D eigenvalue weighted by molar-refractivity contribution is -0.127. The minimum absolute atomic E-state index is 0.127. The van der Waals surface area contributed by atoms with E-state index < -0.39 is 9.84 Å². The number of sulfone groups is 1. The van der Waals surface area contributed by atoms with E-state index in [-0.39, 0.29) is 10.8 Å². The van der Waals surface area contributed by atoms with Crippen LogP contribution in [0.3, 0.4) is 0 Å². The maximum Gasteiger partial charge on any atom is 0.219 e. The number of amides is 1. The molecule has 1 aliphatic rings. The second-order valence-corrected chi connectivity index (χ2v) is 9.11. The van der Waals surface area contributed by atoms with Gasteiger partial charge in [-0.3, -0.25) is 9.69 Å². The first-order valence-electron chi connectivity index (χ1n) is 8.76. The number of benzene rings is 1. The Morgan fingerprint density at radius 2 is 2.00 bits per heavy atom. The van der Waals surface area contributed by atoms with Crippen molar-refractivity contribution in [1.29, 1.82) is 0 Å². The molecule has 0 N–H and O–H groups in total. The van der Waals surface area contributed by atoms with Crippen LogP contribution in [0.25, 0.3) is 5.69 Å². The van der Waals surface area contributed by atoms with Gasteiger partial charge in [-0.25, -0.2) is 8.42 Å². The van der Waals surface area contributed by atoms with E-state index in [2.05, 4.69) is 20.4 Å². The normalized spacial score (nSPS) is 17.6. The number of hydrogen-bond donors (Lipinski definition) is 0. The first-order valence-corrected chi connectivity index (χ1v) is 10.6. The van der Waals surface area contributed by atoms with Gasteiger partial charge < -0.3 is 4.90 Å². The van der Waals surface area contributed by atoms with E-state index in [9.17, 15) is 13.2 Å². The lowest BCUT2D eigenvalue weighted by Crippen LogP contribution is -2.30. The predicted octanol–water partition coefficient (Wildman–Crippen LogP) is 0.366. The lowest BCUT2D eigenvalue weighted by atomic mass is 10.1. The molecule has 1 atom stereocenters. The molecule has 2 aromatic rings. The van der Waals surface area contributed by atoms with Gasteiger partial charge in [-0.15, -0.1) is 5.10 Å². The van der Waals surface area contributed by atoms with Gasteiger partial charge in [0.05, 0.1) is 17.1 Å². The van der Waals surface area contributed by atoms with Crippen LogP contribution in [0.5, 0.6) is 0 Å². The van der Waals surface area contributed by atoms with Crippen molar-refractivity contribution in [2.45, 2.75) is 24.8 Å². The summed E-state index contributed by atoms with van der Waals surface area (Å²) >= 11 is 0. The zero-order valence-corrected chi connectivity index (χ0v) is 16.6. The van der Waals surface area contributed by atoms with Gasteiger partial charge >= 0.3 is 0 Å². The molecular weight excluding hydrogens is 368 g/mol. The van der Waals surface area contributed by atoms with Crippen LogP contribution in [-0.4, -0.2) is 77.3 Å². The molecule has 0 saturated carbocycles. The largest absolute Gasteiger partial charge is 0.343 e. The van der Waals surface area contributed by atoms with Crippen LogP contribution in [-0.2, 0) is 21.2 Å². The van der Waals surface area contributed by atoms with Gasteiger partial charge in [0.1, 0.15) is 0 Å². The molecule has 0 spiro atoms. The van der Waals surface area contributed by atoms with Gasteiger partial charge in [0.15, 0.2) is 15.7 Å². The van der Waals surface area contributed by atoms with Crippen molar-refractivity contribution in [2.75, 3.05) is 32.9 Å². The molecule has 27 heavy (non-hydrogen) atoms. The second kappa shape index (κ2) is 7.73. The predicted molar refractivity (Wildman–Crippen MR) is 99.0 cm³/mol. The quantitative estimate of drug-likeness (QED) is 0.700. The van der Waals surface area contributed by atoms with Crippen molar-refractivity contribution in [3.63, 3.8) is 0 Å². The molecule has 1 aromatic carbocycles. The summed E-state index contributed by atoms with van der Waals surface area (Å²) in [5.74, 6) is 1.24. The molecule has 3 rings (SSSR count). The van der Waals surface area contributed by atoms with Crippen LogP contribution in [0.4, 0.5) is 0 Å². The van der Waals surface area contributed by atoms with Crippen LogP contribution in [0.15, 0.2) is 29.2 Å². The van der Waals surface area contributed by atoms with Gasteiger partial charge in [0.25, 0.3) is 0 Å². The molecule has 1 aromatic heterocycles. The van der Waals surface area contributed by atoms with E-state index in [0.29, 0.717) is 24.0 Å². The molecular formula is C17H24N6O3S. The SMILES string of the molecule is CC(=O)N1CCC(CN(C)Cc2nnnn2-c2ccc(S(C)(=O)=O)cc2)C1. The Kier molecular flexibility index (Phi) is 5.56. The van der Waals surface area contributed by atoms with Gasteiger partial charge in [-0.2, -0.15) is 4.68 Å². The Morgan fingerprint density at radius 3 is 2.59 bits per heavy atom. The van der Waals surface area contributed by atoms with Gasteiger partial charge in [0.2, 0.25) is 5.91 Å². The highest BCUT2D eigenvalue weighted by Gasteiger charge is 2.25. The van der Waals surface area contributed by atoms with Gasteiger partial charge in [0, 0.05) is 32.8 Å². The molecule has 1 aliphatic heterocycles. The summed E-state index contributed by atoms with van der Waals surface area (Å²) in [6, 6.07) is 6.49. The van der Waals surface area contributed by atoms with Crippen LogP contribution >= 0.6 is 0 Å². The minimum Gasteiger partial charge on any atom is -0.343 e. The molecule has 0 bridgehead atoms. The Bertz CT molecular complexity index is 909. The molecule has 10 heteroatoms. The third-order valence-electron chi connectivity index (χ3n) is 4.76. The summed E-state index contributed by atoms with van der Waals surface area (Å²) in [5.41, 5.74) is 0.708. The van der Waals surface area contributed by atoms with Crippen molar-refractivity contribution < 1.29 is 13.2 Å². The lowest BCUT2D eigenvalue weighted by Gasteiger charge is -2.20. The van der Waals surface area contributed by atoms with Crippen LogP contribution in [0, 0.1) is 5.92 Å². The number of carbonyl (C=O) groups excluding carboxylic acids is 1. The van der Waals surface area contributed by atoms with Gasteiger partial charge in [-0.05, 0) is 54.1 Å². The number of tetrazole rings is 1. The smallest absolute Gasteiger partial charge is 0.219 e. The number of likely N-dealkylation sites (tertiary alicyclic amines) is 1. The molecule has 1 fully saturated rings. The third-order valence-corrected chi connectivity index (χ3v) is 5.88. The molecule has 9 nitrogen and oxygen atoms in total. The first-order chi connectivity index (χ1) is 12.7. The van der Waals surface area contributed by atoms with Crippen LogP contribution < -0.4 is 0 Å². The van der Waals surface area contributed by atoms with Crippen molar-refractivity contribution in [3.05, 3.63) is 30.1 Å². The van der Waals surface area contributed by atoms with Crippen molar-refractivity contribution >= 4 is 15.7 Å². The summed E-state index contributed by atoms with van der Waals surface area (Å²) in [6.45, 7) is 4.62. The number of hydrogen-bond acceptors (Lipinski definition) is 7. The number of nitrogens with zero attached hydrogens (tertiary/aromatic N) is 6. The highest BCUT2D eigenvalue weighted by Crippen LogP contribution is 2.18. The van der Waals surface area contributed by atoms with E-state index in [4.69, 9.17) is 0 Å². The van der Waals surface area contributed by atoms with Crippen LogP contribution in [0.2, 0.25) is 0 Å². The molecule has 2 heterocycles. The molecule has 1 unspecified atom stereocenters. The van der Waals surface area contributed by atoms with Crippen LogP contribution in [0.1, 0.15) is 19.2 Å². The van der Waals surface area contributed by atoms with E-state index in [0.717, 1.165) is 26.1 Å². The molecule has 1 amide bonds. The van der Waals surface area contributed by atoms with Gasteiger partial charge in [-0.1, -0.05) is 0 Å². The summed E-state index contributed by atoms with van der Waals surface area (Å²) in [4.78, 5) is 15.7. The van der Waals surface area contributed by atoms with E-state index in [1.807, 2.05) is 11.9 Å². The number of aromatic nitrogens is 4. The summed E-state index contributed by atoms with van der Waals surface area (Å²) in [7, 11) is -1.24. The van der Waals surface area contributed by atoms with Crippen molar-refractivity contribution in [2.24, 2.45) is 5.92 Å². The third kappa shape index (κ3) is 4.69. The maximum atomic E-state index is 11.6. The standard InChI is InChI=1S/C17H24N6O3S/c1-13(24)22-9-8-14(11-22)10-21(2)12-17-18-19-20-23(17)15-4-6-16(7-5-15)27(3,25)26/h4-7,14H,8-12H2,1-3H3. The summed E-state index contributed by atoms with van der Waals surface area (Å²) < 4.78 is 24.8. The fraction of sp³-hybridized carbons (Fsp3) is 0.529. The molecule has 0 radical (unpaired) electrons. The summed E-state index contributed by atoms with van der Waals surface area (Å²) in [5, 5.41) is 11.9. The fourth-order valence-electron chi connectivity index (χ4n) is 3.35. The number of carbonyl (C=O) groups is 1. The van der Waals surface area contributed by atoms with Crippen molar-refractivity contribution in [3.8, 4) is 5.69 Å². The Hall–Kier alpha value is -2.33. The summed E-state index contributed by atoms with van der Waals surface area (Å²) in [6.07, 6.45) is 2.18. The Labute approximate surface area is 158 Å². The second-order valence-electron chi connectivity index (χ2n) is 7.09. The zero-order valence-electron chi connectivity index (χ0n) is 15.7. The highest BCUT2D eigenvalue weighted by molar-refractivity contribution is 7.90. The van der Waals surface area contributed by atoms with E-state index >= 15 is 0 Å². The molecule has 0 aliphatic carbocycles. The van der Waals surface area contributed by atoms with E-state index in [1.54, 1.807) is 35.9 Å². The minimum atomic E-state index is -3.24. The average Bonchev–Trinajstić information content (AvgIpc) is 3.23. The zero-order chi connectivity index (χ0) is 19.6. The average molecular weight is 392 g/mol. The Balaban J connectivity index is 1.66. The molecule has 1 saturated heterocycles. The molecule has 146 valence electrons. The fourth-order valence-corrected chi connectivity index (χ4v) is 3.98. The Morgan fingerprint density at radius 1 is 1.30 bits per heavy atom. The highest BCUT2D eigenvalue weighted by atomic mass is 32.2. The van der Waals surface area contributed by atoms with E-state index in [1.165, 1.54) is 6.26 Å². The topological polar surface area (TPSA) is 101 Å². The number of rotatable bonds is 6. The monoisotopic (exact) mass is 392 g/mol.